The van der Waals surface area contributed by atoms with Gasteiger partial charge in [-0.25, -0.2) is 0 Å². The minimum absolute atomic E-state index is 0.534. The second kappa shape index (κ2) is 3.95. The Labute approximate surface area is 155 Å². The highest BCUT2D eigenvalue weighted by Gasteiger charge is 2.81. The first kappa shape index (κ1) is 15.8. The Morgan fingerprint density at radius 1 is 0.480 bits per heavy atom. The molecule has 0 aromatic heterocycles. The maximum absolute atomic E-state index is 2.69. The molecule has 0 aromatic rings. The maximum Gasteiger partial charge on any atom is -0.0142 e. The molecule has 6 aliphatic rings. The lowest BCUT2D eigenvalue weighted by Gasteiger charge is -2.47. The predicted octanol–water partition coefficient (Wildman–Crippen LogP) is 6.14. The molecule has 0 spiro atoms. The topological polar surface area (TPSA) is 0 Å². The minimum atomic E-state index is 0.534. The SMILES string of the molecule is CC1C(C)C2C3C(C1C2(C)C)C1C2C(C4C=CC2C4(C)C)C3C1(C)C. The van der Waals surface area contributed by atoms with E-state index in [-0.39, 0.29) is 0 Å². The van der Waals surface area contributed by atoms with Gasteiger partial charge in [-0.2, -0.15) is 0 Å². The van der Waals surface area contributed by atoms with Gasteiger partial charge in [0.15, 0.2) is 0 Å². The summed E-state index contributed by atoms with van der Waals surface area (Å²) in [5.41, 5.74) is 1.70. The summed E-state index contributed by atoms with van der Waals surface area (Å²) in [5, 5.41) is 0. The van der Waals surface area contributed by atoms with E-state index in [1.54, 1.807) is 0 Å². The van der Waals surface area contributed by atoms with Gasteiger partial charge in [0.1, 0.15) is 0 Å². The zero-order chi connectivity index (χ0) is 17.8. The maximum atomic E-state index is 2.69. The normalized spacial score (nSPS) is 65.6. The second-order valence-electron chi connectivity index (χ2n) is 13.0. The van der Waals surface area contributed by atoms with Crippen molar-refractivity contribution < 1.29 is 0 Å². The van der Waals surface area contributed by atoms with Crippen LogP contribution in [0.1, 0.15) is 55.4 Å². The van der Waals surface area contributed by atoms with Crippen LogP contribution in [-0.4, -0.2) is 0 Å². The van der Waals surface area contributed by atoms with Crippen LogP contribution in [0.4, 0.5) is 0 Å². The lowest BCUT2D eigenvalue weighted by Crippen LogP contribution is -2.43. The molecular formula is C25H38. The van der Waals surface area contributed by atoms with Gasteiger partial charge in [0.05, 0.1) is 0 Å². The minimum Gasteiger partial charge on any atom is -0.0843 e. The predicted molar refractivity (Wildman–Crippen MR) is 104 cm³/mol. The molecule has 0 saturated heterocycles. The first-order chi connectivity index (χ1) is 11.5. The van der Waals surface area contributed by atoms with Crippen LogP contribution in [0.5, 0.6) is 0 Å². The molecule has 0 heterocycles. The van der Waals surface area contributed by atoms with E-state index in [0.717, 1.165) is 71.0 Å². The average molecular weight is 339 g/mol. The number of rotatable bonds is 0. The molecule has 0 aliphatic heterocycles. The third-order valence-corrected chi connectivity index (χ3v) is 11.8. The highest BCUT2D eigenvalue weighted by atomic mass is 14.9. The number of fused-ring (bicyclic) bond motifs is 16. The molecule has 12 unspecified atom stereocenters. The average Bonchev–Trinajstić information content (AvgIpc) is 3.17. The molecule has 5 saturated carbocycles. The summed E-state index contributed by atoms with van der Waals surface area (Å²) in [7, 11) is 0. The fraction of sp³-hybridized carbons (Fsp3) is 0.920. The number of hydrogen-bond donors (Lipinski definition) is 0. The summed E-state index contributed by atoms with van der Waals surface area (Å²) in [5.74, 6) is 11.7. The standard InChI is InChI=1S/C25H38/c1-11-12(2)20-18-17(19(11)24(20,5)6)21-15-13-9-10-14(23(13,3)4)16(15)22(18)25(21,7)8/h9-22H,1-8H3. The molecule has 12 atom stereocenters. The Balaban J connectivity index is 1.53. The first-order valence-corrected chi connectivity index (χ1v) is 11.2. The van der Waals surface area contributed by atoms with E-state index in [1.807, 2.05) is 0 Å². The molecule has 0 N–H and O–H groups in total. The van der Waals surface area contributed by atoms with E-state index < -0.39 is 0 Å². The van der Waals surface area contributed by atoms with Crippen molar-refractivity contribution >= 4 is 0 Å². The second-order valence-corrected chi connectivity index (χ2v) is 13.0. The highest BCUT2D eigenvalue weighted by Crippen LogP contribution is 2.86. The van der Waals surface area contributed by atoms with Gasteiger partial charge in [-0.3, -0.25) is 0 Å². The molecule has 6 rings (SSSR count). The van der Waals surface area contributed by atoms with Crippen LogP contribution in [0.25, 0.3) is 0 Å². The molecule has 6 bridgehead atoms. The van der Waals surface area contributed by atoms with E-state index in [2.05, 4.69) is 67.5 Å². The zero-order valence-corrected chi connectivity index (χ0v) is 17.6. The Morgan fingerprint density at radius 2 is 0.840 bits per heavy atom. The summed E-state index contributed by atoms with van der Waals surface area (Å²) in [6.45, 7) is 21.1. The monoisotopic (exact) mass is 338 g/mol. The molecule has 0 aromatic carbocycles. The zero-order valence-electron chi connectivity index (χ0n) is 17.6. The van der Waals surface area contributed by atoms with Crippen LogP contribution in [-0.2, 0) is 0 Å². The first-order valence-electron chi connectivity index (χ1n) is 11.2. The highest BCUT2D eigenvalue weighted by molar-refractivity contribution is 5.33. The largest absolute Gasteiger partial charge is 0.0843 e. The van der Waals surface area contributed by atoms with Crippen LogP contribution >= 0.6 is 0 Å². The van der Waals surface area contributed by atoms with E-state index in [0.29, 0.717) is 16.2 Å². The molecule has 0 nitrogen and oxygen atoms in total. The van der Waals surface area contributed by atoms with Crippen molar-refractivity contribution in [3.63, 3.8) is 0 Å². The molecular weight excluding hydrogens is 300 g/mol. The van der Waals surface area contributed by atoms with Crippen molar-refractivity contribution in [1.82, 2.24) is 0 Å². The lowest BCUT2D eigenvalue weighted by atomic mass is 9.58. The molecule has 0 radical (unpaired) electrons. The molecule has 25 heavy (non-hydrogen) atoms. The van der Waals surface area contributed by atoms with E-state index in [1.165, 1.54) is 0 Å². The third kappa shape index (κ3) is 1.30. The van der Waals surface area contributed by atoms with Gasteiger partial charge < -0.3 is 0 Å². The van der Waals surface area contributed by atoms with E-state index in [4.69, 9.17) is 0 Å². The summed E-state index contributed by atoms with van der Waals surface area (Å²) in [6, 6.07) is 0. The van der Waals surface area contributed by atoms with Crippen LogP contribution in [0.15, 0.2) is 12.2 Å². The van der Waals surface area contributed by atoms with Crippen molar-refractivity contribution in [2.75, 3.05) is 0 Å². The van der Waals surface area contributed by atoms with Gasteiger partial charge >= 0.3 is 0 Å². The smallest absolute Gasteiger partial charge is 0.0142 e. The van der Waals surface area contributed by atoms with Crippen LogP contribution in [0.2, 0.25) is 0 Å². The summed E-state index contributed by atoms with van der Waals surface area (Å²) < 4.78 is 0. The molecule has 0 amide bonds. The Kier molecular flexibility index (Phi) is 2.49. The van der Waals surface area contributed by atoms with E-state index >= 15 is 0 Å². The van der Waals surface area contributed by atoms with Crippen molar-refractivity contribution in [2.24, 2.45) is 87.3 Å². The third-order valence-electron chi connectivity index (χ3n) is 11.8. The lowest BCUT2D eigenvalue weighted by molar-refractivity contribution is 0.00969. The van der Waals surface area contributed by atoms with Crippen molar-refractivity contribution in [1.29, 1.82) is 0 Å². The van der Waals surface area contributed by atoms with Crippen LogP contribution in [0, 0.1) is 87.3 Å². The number of hydrogen-bond acceptors (Lipinski definition) is 0. The van der Waals surface area contributed by atoms with Gasteiger partial charge in [0.2, 0.25) is 0 Å². The summed E-state index contributed by atoms with van der Waals surface area (Å²) in [6.07, 6.45) is 5.31. The Morgan fingerprint density at radius 3 is 1.24 bits per heavy atom. The quantitative estimate of drug-likeness (QED) is 0.368. The van der Waals surface area contributed by atoms with Crippen LogP contribution < -0.4 is 0 Å². The fourth-order valence-corrected chi connectivity index (χ4v) is 11.7. The van der Waals surface area contributed by atoms with Gasteiger partial charge in [-0.05, 0) is 87.3 Å². The van der Waals surface area contributed by atoms with Gasteiger partial charge in [-0.15, -0.1) is 0 Å². The number of allylic oxidation sites excluding steroid dienone is 2. The van der Waals surface area contributed by atoms with E-state index in [9.17, 15) is 0 Å². The Hall–Kier alpha value is -0.260. The van der Waals surface area contributed by atoms with Crippen molar-refractivity contribution in [3.05, 3.63) is 12.2 Å². The van der Waals surface area contributed by atoms with Gasteiger partial charge in [0.25, 0.3) is 0 Å². The molecule has 6 aliphatic carbocycles. The molecule has 5 fully saturated rings. The van der Waals surface area contributed by atoms with Crippen molar-refractivity contribution in [3.8, 4) is 0 Å². The van der Waals surface area contributed by atoms with Gasteiger partial charge in [-0.1, -0.05) is 67.5 Å². The van der Waals surface area contributed by atoms with Crippen LogP contribution in [0.3, 0.4) is 0 Å². The summed E-state index contributed by atoms with van der Waals surface area (Å²) in [4.78, 5) is 0. The van der Waals surface area contributed by atoms with Gasteiger partial charge in [0, 0.05) is 0 Å². The fourth-order valence-electron chi connectivity index (χ4n) is 11.7. The molecule has 0 heteroatoms. The summed E-state index contributed by atoms with van der Waals surface area (Å²) >= 11 is 0. The molecule has 138 valence electrons. The Bertz CT molecular complexity index is 626. The van der Waals surface area contributed by atoms with Crippen molar-refractivity contribution in [2.45, 2.75) is 55.4 Å².